The van der Waals surface area contributed by atoms with Gasteiger partial charge in [-0.15, -0.1) is 0 Å². The molecule has 0 spiro atoms. The van der Waals surface area contributed by atoms with E-state index >= 15 is 0 Å². The van der Waals surface area contributed by atoms with Gasteiger partial charge in [-0.05, 0) is 24.0 Å². The van der Waals surface area contributed by atoms with Gasteiger partial charge < -0.3 is 5.32 Å². The van der Waals surface area contributed by atoms with E-state index in [0.717, 1.165) is 18.1 Å². The van der Waals surface area contributed by atoms with Crippen molar-refractivity contribution in [1.82, 2.24) is 15.3 Å². The Morgan fingerprint density at radius 1 is 1.10 bits per heavy atom. The molecule has 1 aromatic carbocycles. The van der Waals surface area contributed by atoms with Crippen LogP contribution in [0.25, 0.3) is 0 Å². The third kappa shape index (κ3) is 3.87. The van der Waals surface area contributed by atoms with Crippen molar-refractivity contribution < 1.29 is 0 Å². The molecule has 3 heteroatoms. The topological polar surface area (TPSA) is 37.8 Å². The minimum absolute atomic E-state index is 0.142. The normalized spacial score (nSPS) is 13.2. The van der Waals surface area contributed by atoms with Crippen LogP contribution in [0.2, 0.25) is 0 Å². The quantitative estimate of drug-likeness (QED) is 0.920. The minimum Gasteiger partial charge on any atom is -0.304 e. The molecule has 1 atom stereocenters. The Balaban J connectivity index is 2.14. The number of aryl methyl sites for hydroxylation is 1. The van der Waals surface area contributed by atoms with Crippen molar-refractivity contribution in [3.8, 4) is 0 Å². The second kappa shape index (κ2) is 6.14. The van der Waals surface area contributed by atoms with E-state index in [0.29, 0.717) is 6.04 Å². The first kappa shape index (κ1) is 14.7. The summed E-state index contributed by atoms with van der Waals surface area (Å²) in [7, 11) is 0. The number of nitrogens with one attached hydrogen (secondary N) is 1. The number of hydrogen-bond acceptors (Lipinski definition) is 3. The molecule has 1 N–H and O–H groups in total. The zero-order valence-electron chi connectivity index (χ0n) is 12.7. The van der Waals surface area contributed by atoms with Crippen molar-refractivity contribution in [2.75, 3.05) is 0 Å². The highest BCUT2D eigenvalue weighted by atomic mass is 15.0. The van der Waals surface area contributed by atoms with Gasteiger partial charge in [0.15, 0.2) is 0 Å². The number of nitrogens with zero attached hydrogens (tertiary/aromatic N) is 2. The van der Waals surface area contributed by atoms with Crippen LogP contribution >= 0.6 is 0 Å². The highest BCUT2D eigenvalue weighted by molar-refractivity contribution is 5.21. The van der Waals surface area contributed by atoms with Crippen molar-refractivity contribution in [1.29, 1.82) is 0 Å². The molecule has 0 saturated carbocycles. The molecule has 106 valence electrons. The maximum absolute atomic E-state index is 4.45. The van der Waals surface area contributed by atoms with Crippen LogP contribution in [-0.4, -0.2) is 9.97 Å². The van der Waals surface area contributed by atoms with Gasteiger partial charge in [0.05, 0.1) is 5.69 Å². The van der Waals surface area contributed by atoms with Crippen LogP contribution in [0.1, 0.15) is 43.9 Å². The highest BCUT2D eigenvalue weighted by Gasteiger charge is 2.25. The van der Waals surface area contributed by atoms with Gasteiger partial charge in [-0.2, -0.15) is 0 Å². The number of aromatic nitrogens is 2. The average molecular weight is 269 g/mol. The summed E-state index contributed by atoms with van der Waals surface area (Å²) >= 11 is 0. The maximum Gasteiger partial charge on any atom is 0.125 e. The Labute approximate surface area is 121 Å². The Bertz CT molecular complexity index is 544. The minimum atomic E-state index is 0.142. The standard InChI is InChI=1S/C17H23N3/c1-13-18-11-10-15(20-13)12-19-16(17(2,3)4)14-8-6-5-7-9-14/h5-11,16,19H,12H2,1-4H3. The van der Waals surface area contributed by atoms with Gasteiger partial charge in [0, 0.05) is 18.8 Å². The van der Waals surface area contributed by atoms with E-state index in [2.05, 4.69) is 66.4 Å². The van der Waals surface area contributed by atoms with Crippen molar-refractivity contribution >= 4 is 0 Å². The van der Waals surface area contributed by atoms with Crippen LogP contribution in [0.15, 0.2) is 42.6 Å². The predicted octanol–water partition coefficient (Wildman–Crippen LogP) is 3.66. The van der Waals surface area contributed by atoms with Crippen molar-refractivity contribution in [2.45, 2.75) is 40.3 Å². The zero-order valence-corrected chi connectivity index (χ0v) is 12.7. The van der Waals surface area contributed by atoms with Crippen LogP contribution in [0.3, 0.4) is 0 Å². The lowest BCUT2D eigenvalue weighted by atomic mass is 9.82. The lowest BCUT2D eigenvalue weighted by Crippen LogP contribution is -2.32. The molecule has 0 radical (unpaired) electrons. The lowest BCUT2D eigenvalue weighted by Gasteiger charge is -2.32. The molecule has 0 bridgehead atoms. The first-order chi connectivity index (χ1) is 9.47. The predicted molar refractivity (Wildman–Crippen MR) is 82.2 cm³/mol. The Hall–Kier alpha value is -1.74. The van der Waals surface area contributed by atoms with E-state index < -0.39 is 0 Å². The Morgan fingerprint density at radius 2 is 1.80 bits per heavy atom. The molecular weight excluding hydrogens is 246 g/mol. The van der Waals surface area contributed by atoms with Gasteiger partial charge in [0.1, 0.15) is 5.82 Å². The van der Waals surface area contributed by atoms with Crippen LogP contribution in [0, 0.1) is 12.3 Å². The third-order valence-corrected chi connectivity index (χ3v) is 3.32. The first-order valence-electron chi connectivity index (χ1n) is 7.03. The molecule has 2 aromatic rings. The van der Waals surface area contributed by atoms with Crippen LogP contribution in [0.5, 0.6) is 0 Å². The summed E-state index contributed by atoms with van der Waals surface area (Å²) in [6.45, 7) is 9.43. The zero-order chi connectivity index (χ0) is 14.6. The molecule has 0 amide bonds. The molecule has 0 aliphatic rings. The number of benzene rings is 1. The Kier molecular flexibility index (Phi) is 4.50. The SMILES string of the molecule is Cc1nccc(CNC(c2ccccc2)C(C)(C)C)n1. The van der Waals surface area contributed by atoms with E-state index in [9.17, 15) is 0 Å². The van der Waals surface area contributed by atoms with Crippen LogP contribution in [-0.2, 0) is 6.54 Å². The van der Waals surface area contributed by atoms with E-state index in [4.69, 9.17) is 0 Å². The molecule has 0 aliphatic carbocycles. The first-order valence-corrected chi connectivity index (χ1v) is 7.03. The second-order valence-corrected chi connectivity index (χ2v) is 6.19. The van der Waals surface area contributed by atoms with Gasteiger partial charge in [0.2, 0.25) is 0 Å². The molecular formula is C17H23N3. The van der Waals surface area contributed by atoms with Gasteiger partial charge in [-0.1, -0.05) is 51.1 Å². The summed E-state index contributed by atoms with van der Waals surface area (Å²) in [5.74, 6) is 0.816. The third-order valence-electron chi connectivity index (χ3n) is 3.32. The fraction of sp³-hybridized carbons (Fsp3) is 0.412. The van der Waals surface area contributed by atoms with Crippen LogP contribution in [0.4, 0.5) is 0 Å². The molecule has 20 heavy (non-hydrogen) atoms. The molecule has 1 heterocycles. The summed E-state index contributed by atoms with van der Waals surface area (Å²) in [6.07, 6.45) is 1.81. The molecule has 2 rings (SSSR count). The highest BCUT2D eigenvalue weighted by Crippen LogP contribution is 2.32. The average Bonchev–Trinajstić information content (AvgIpc) is 2.39. The van der Waals surface area contributed by atoms with E-state index in [1.807, 2.05) is 19.2 Å². The molecule has 1 aromatic heterocycles. The second-order valence-electron chi connectivity index (χ2n) is 6.19. The largest absolute Gasteiger partial charge is 0.304 e. The maximum atomic E-state index is 4.45. The lowest BCUT2D eigenvalue weighted by molar-refractivity contribution is 0.270. The van der Waals surface area contributed by atoms with Gasteiger partial charge >= 0.3 is 0 Å². The Morgan fingerprint density at radius 3 is 2.40 bits per heavy atom. The summed E-state index contributed by atoms with van der Waals surface area (Å²) in [6, 6.07) is 12.8. The van der Waals surface area contributed by atoms with Crippen molar-refractivity contribution in [3.63, 3.8) is 0 Å². The van der Waals surface area contributed by atoms with Crippen molar-refractivity contribution in [3.05, 3.63) is 59.7 Å². The van der Waals surface area contributed by atoms with Gasteiger partial charge in [-0.3, -0.25) is 0 Å². The molecule has 0 fully saturated rings. The molecule has 0 saturated heterocycles. The summed E-state index contributed by atoms with van der Waals surface area (Å²) in [5.41, 5.74) is 2.48. The van der Waals surface area contributed by atoms with Gasteiger partial charge in [-0.25, -0.2) is 9.97 Å². The summed E-state index contributed by atoms with van der Waals surface area (Å²) in [5, 5.41) is 3.63. The van der Waals surface area contributed by atoms with Gasteiger partial charge in [0.25, 0.3) is 0 Å². The van der Waals surface area contributed by atoms with E-state index in [-0.39, 0.29) is 5.41 Å². The monoisotopic (exact) mass is 269 g/mol. The molecule has 1 unspecified atom stereocenters. The summed E-state index contributed by atoms with van der Waals surface area (Å²) < 4.78 is 0. The molecule has 3 nitrogen and oxygen atoms in total. The molecule has 0 aliphatic heterocycles. The van der Waals surface area contributed by atoms with E-state index in [1.54, 1.807) is 0 Å². The fourth-order valence-electron chi connectivity index (χ4n) is 2.38. The fourth-order valence-corrected chi connectivity index (χ4v) is 2.38. The van der Waals surface area contributed by atoms with Crippen molar-refractivity contribution in [2.24, 2.45) is 5.41 Å². The summed E-state index contributed by atoms with van der Waals surface area (Å²) in [4.78, 5) is 8.58. The smallest absolute Gasteiger partial charge is 0.125 e. The van der Waals surface area contributed by atoms with E-state index in [1.165, 1.54) is 5.56 Å². The van der Waals surface area contributed by atoms with Crippen LogP contribution < -0.4 is 5.32 Å². The number of rotatable bonds is 4. The number of hydrogen-bond donors (Lipinski definition) is 1.